The molecule has 36 heavy (non-hydrogen) atoms. The van der Waals surface area contributed by atoms with Gasteiger partial charge in [-0.2, -0.15) is 0 Å². The SMILES string of the molecule is O=C(NC1CCCC1)C(Cc1ccccc1)N(Cc1ccc(Cl)cc1)C(=O)COc1ccc(F)cc1. The molecule has 1 N–H and O–H groups in total. The first-order valence-electron chi connectivity index (χ1n) is 12.2. The molecule has 0 bridgehead atoms. The van der Waals surface area contributed by atoms with E-state index in [1.165, 1.54) is 24.3 Å². The molecule has 7 heteroatoms. The van der Waals surface area contributed by atoms with E-state index in [0.717, 1.165) is 36.8 Å². The second-order valence-electron chi connectivity index (χ2n) is 9.09. The third-order valence-electron chi connectivity index (χ3n) is 6.41. The lowest BCUT2D eigenvalue weighted by Crippen LogP contribution is -2.53. The van der Waals surface area contributed by atoms with E-state index in [1.807, 2.05) is 42.5 Å². The highest BCUT2D eigenvalue weighted by Crippen LogP contribution is 2.21. The summed E-state index contributed by atoms with van der Waals surface area (Å²) >= 11 is 6.06. The molecule has 1 aliphatic rings. The lowest BCUT2D eigenvalue weighted by molar-refractivity contribution is -0.143. The van der Waals surface area contributed by atoms with Crippen LogP contribution in [0.5, 0.6) is 5.75 Å². The van der Waals surface area contributed by atoms with Crippen molar-refractivity contribution in [3.05, 3.63) is 101 Å². The molecule has 5 nitrogen and oxygen atoms in total. The van der Waals surface area contributed by atoms with E-state index >= 15 is 0 Å². The number of hydrogen-bond donors (Lipinski definition) is 1. The normalized spacial score (nSPS) is 14.3. The average Bonchev–Trinajstić information content (AvgIpc) is 3.40. The number of amides is 2. The second-order valence-corrected chi connectivity index (χ2v) is 9.52. The molecule has 2 amide bonds. The number of carbonyl (C=O) groups excluding carboxylic acids is 2. The average molecular weight is 509 g/mol. The number of benzene rings is 3. The van der Waals surface area contributed by atoms with Crippen LogP contribution in [0.25, 0.3) is 0 Å². The van der Waals surface area contributed by atoms with E-state index in [1.54, 1.807) is 17.0 Å². The van der Waals surface area contributed by atoms with Gasteiger partial charge in [0.15, 0.2) is 6.61 Å². The summed E-state index contributed by atoms with van der Waals surface area (Å²) < 4.78 is 18.9. The fourth-order valence-corrected chi connectivity index (χ4v) is 4.59. The minimum Gasteiger partial charge on any atom is -0.484 e. The van der Waals surface area contributed by atoms with Crippen LogP contribution in [-0.4, -0.2) is 35.4 Å². The summed E-state index contributed by atoms with van der Waals surface area (Å²) in [6.45, 7) is -0.0560. The monoisotopic (exact) mass is 508 g/mol. The van der Waals surface area contributed by atoms with Crippen LogP contribution in [0, 0.1) is 5.82 Å². The van der Waals surface area contributed by atoms with Gasteiger partial charge in [-0.3, -0.25) is 9.59 Å². The lowest BCUT2D eigenvalue weighted by atomic mass is 10.0. The predicted molar refractivity (Wildman–Crippen MR) is 138 cm³/mol. The summed E-state index contributed by atoms with van der Waals surface area (Å²) in [7, 11) is 0. The van der Waals surface area contributed by atoms with Gasteiger partial charge in [-0.05, 0) is 60.4 Å². The first kappa shape index (κ1) is 25.7. The Balaban J connectivity index is 1.59. The van der Waals surface area contributed by atoms with Gasteiger partial charge in [-0.25, -0.2) is 4.39 Å². The van der Waals surface area contributed by atoms with Gasteiger partial charge in [0, 0.05) is 24.0 Å². The molecule has 3 aromatic carbocycles. The first-order valence-corrected chi connectivity index (χ1v) is 12.6. The highest BCUT2D eigenvalue weighted by Gasteiger charge is 2.32. The third kappa shape index (κ3) is 7.31. The highest BCUT2D eigenvalue weighted by molar-refractivity contribution is 6.30. The Hall–Kier alpha value is -3.38. The molecule has 1 fully saturated rings. The number of hydrogen-bond acceptors (Lipinski definition) is 3. The van der Waals surface area contributed by atoms with E-state index in [-0.39, 0.29) is 36.8 Å². The van der Waals surface area contributed by atoms with Gasteiger partial charge in [0.1, 0.15) is 17.6 Å². The number of rotatable bonds is 10. The molecule has 1 aliphatic carbocycles. The van der Waals surface area contributed by atoms with E-state index in [4.69, 9.17) is 16.3 Å². The molecule has 4 rings (SSSR count). The Kier molecular flexibility index (Phi) is 8.95. The van der Waals surface area contributed by atoms with Gasteiger partial charge in [-0.15, -0.1) is 0 Å². The van der Waals surface area contributed by atoms with Gasteiger partial charge >= 0.3 is 0 Å². The van der Waals surface area contributed by atoms with Crippen LogP contribution >= 0.6 is 11.6 Å². The van der Waals surface area contributed by atoms with Crippen molar-refractivity contribution < 1.29 is 18.7 Å². The zero-order chi connectivity index (χ0) is 25.3. The number of nitrogens with zero attached hydrogens (tertiary/aromatic N) is 1. The minimum atomic E-state index is -0.729. The molecule has 188 valence electrons. The molecule has 0 radical (unpaired) electrons. The van der Waals surface area contributed by atoms with Crippen LogP contribution in [0.3, 0.4) is 0 Å². The largest absolute Gasteiger partial charge is 0.484 e. The van der Waals surface area contributed by atoms with Crippen molar-refractivity contribution in [2.24, 2.45) is 0 Å². The van der Waals surface area contributed by atoms with Crippen LogP contribution in [0.2, 0.25) is 5.02 Å². The topological polar surface area (TPSA) is 58.6 Å². The fourth-order valence-electron chi connectivity index (χ4n) is 4.47. The standard InChI is InChI=1S/C29H30ClFN2O3/c30-23-12-10-22(11-13-23)19-33(28(34)20-36-26-16-14-24(31)15-17-26)27(18-21-6-2-1-3-7-21)29(35)32-25-8-4-5-9-25/h1-3,6-7,10-17,25,27H,4-5,8-9,18-20H2,(H,32,35). The van der Waals surface area contributed by atoms with E-state index < -0.39 is 6.04 Å². The van der Waals surface area contributed by atoms with Crippen molar-refractivity contribution in [1.82, 2.24) is 10.2 Å². The number of carbonyl (C=O) groups is 2. The Morgan fingerprint density at radius 1 is 0.944 bits per heavy atom. The molecule has 3 aromatic rings. The van der Waals surface area contributed by atoms with E-state index in [9.17, 15) is 14.0 Å². The zero-order valence-corrected chi connectivity index (χ0v) is 20.8. The van der Waals surface area contributed by atoms with Crippen LogP contribution in [-0.2, 0) is 22.6 Å². The summed E-state index contributed by atoms with van der Waals surface area (Å²) in [5.74, 6) is -0.512. The minimum absolute atomic E-state index is 0.124. The van der Waals surface area contributed by atoms with Crippen molar-refractivity contribution in [3.63, 3.8) is 0 Å². The number of ether oxygens (including phenoxy) is 1. The van der Waals surface area contributed by atoms with Crippen molar-refractivity contribution in [1.29, 1.82) is 0 Å². The van der Waals surface area contributed by atoms with Gasteiger partial charge in [0.05, 0.1) is 0 Å². The molecule has 1 saturated carbocycles. The second kappa shape index (κ2) is 12.5. The maximum atomic E-state index is 13.6. The van der Waals surface area contributed by atoms with Gasteiger partial charge < -0.3 is 15.0 Å². The summed E-state index contributed by atoms with van der Waals surface area (Å²) in [6.07, 6.45) is 4.45. The third-order valence-corrected chi connectivity index (χ3v) is 6.67. The van der Waals surface area contributed by atoms with Gasteiger partial charge in [0.25, 0.3) is 5.91 Å². The van der Waals surface area contributed by atoms with Gasteiger partial charge in [0.2, 0.25) is 5.91 Å². The lowest BCUT2D eigenvalue weighted by Gasteiger charge is -2.32. The molecule has 0 aromatic heterocycles. The van der Waals surface area contributed by atoms with Crippen LogP contribution in [0.4, 0.5) is 4.39 Å². The number of nitrogens with one attached hydrogen (secondary N) is 1. The molecular formula is C29H30ClFN2O3. The molecule has 0 saturated heterocycles. The summed E-state index contributed by atoms with van der Waals surface area (Å²) in [5.41, 5.74) is 1.80. The van der Waals surface area contributed by atoms with Crippen molar-refractivity contribution in [2.45, 2.75) is 50.7 Å². The predicted octanol–water partition coefficient (Wildman–Crippen LogP) is 5.56. The Bertz CT molecular complexity index is 1130. The summed E-state index contributed by atoms with van der Waals surface area (Å²) in [4.78, 5) is 28.7. The summed E-state index contributed by atoms with van der Waals surface area (Å²) in [6, 6.07) is 21.8. The first-order chi connectivity index (χ1) is 17.5. The van der Waals surface area contributed by atoms with Crippen LogP contribution in [0.1, 0.15) is 36.8 Å². The van der Waals surface area contributed by atoms with E-state index in [0.29, 0.717) is 17.2 Å². The highest BCUT2D eigenvalue weighted by atomic mass is 35.5. The molecule has 0 spiro atoms. The zero-order valence-electron chi connectivity index (χ0n) is 20.0. The molecule has 0 heterocycles. The van der Waals surface area contributed by atoms with Crippen molar-refractivity contribution in [3.8, 4) is 5.75 Å². The molecule has 1 unspecified atom stereocenters. The fraction of sp³-hybridized carbons (Fsp3) is 0.310. The van der Waals surface area contributed by atoms with Gasteiger partial charge in [-0.1, -0.05) is 66.9 Å². The van der Waals surface area contributed by atoms with E-state index in [2.05, 4.69) is 5.32 Å². The molecule has 0 aliphatic heterocycles. The molecule has 1 atom stereocenters. The van der Waals surface area contributed by atoms with Crippen LogP contribution in [0.15, 0.2) is 78.9 Å². The maximum absolute atomic E-state index is 13.6. The Labute approximate surface area is 216 Å². The maximum Gasteiger partial charge on any atom is 0.261 e. The van der Waals surface area contributed by atoms with Crippen LogP contribution < -0.4 is 10.1 Å². The Morgan fingerprint density at radius 3 is 2.28 bits per heavy atom. The Morgan fingerprint density at radius 2 is 1.61 bits per heavy atom. The molecular weight excluding hydrogens is 479 g/mol. The number of halogens is 2. The summed E-state index contributed by atoms with van der Waals surface area (Å²) in [5, 5.41) is 3.77. The smallest absolute Gasteiger partial charge is 0.261 e. The quantitative estimate of drug-likeness (QED) is 0.390. The van der Waals surface area contributed by atoms with Crippen molar-refractivity contribution >= 4 is 23.4 Å². The van der Waals surface area contributed by atoms with Crippen molar-refractivity contribution in [2.75, 3.05) is 6.61 Å².